The fourth-order valence-electron chi connectivity index (χ4n) is 2.92. The van der Waals surface area contributed by atoms with Gasteiger partial charge in [0.05, 0.1) is 17.9 Å². The summed E-state index contributed by atoms with van der Waals surface area (Å²) < 4.78 is 15.4. The van der Waals surface area contributed by atoms with E-state index in [1.807, 2.05) is 36.4 Å². The summed E-state index contributed by atoms with van der Waals surface area (Å²) >= 11 is 14.5. The molecule has 4 aromatic rings. The highest BCUT2D eigenvalue weighted by Gasteiger charge is 2.14. The second-order valence-electron chi connectivity index (χ2n) is 5.85. The van der Waals surface area contributed by atoms with Gasteiger partial charge in [-0.1, -0.05) is 48.5 Å². The van der Waals surface area contributed by atoms with E-state index in [0.717, 1.165) is 39.4 Å². The van der Waals surface area contributed by atoms with Crippen molar-refractivity contribution in [2.24, 2.45) is 0 Å². The van der Waals surface area contributed by atoms with Crippen molar-refractivity contribution >= 4 is 85.3 Å². The summed E-state index contributed by atoms with van der Waals surface area (Å²) in [6.45, 7) is 0.0745. The molecule has 0 aliphatic carbocycles. The molecule has 0 heterocycles. The smallest absolute Gasteiger partial charge is 0.231 e. The van der Waals surface area contributed by atoms with E-state index in [2.05, 4.69) is 88.0 Å². The van der Waals surface area contributed by atoms with Crippen molar-refractivity contribution < 1.29 is 9.47 Å². The lowest BCUT2D eigenvalue weighted by Crippen LogP contribution is -2.07. The predicted molar refractivity (Wildman–Crippen MR) is 125 cm³/mol. The molecule has 2 nitrogen and oxygen atoms in total. The van der Waals surface area contributed by atoms with Crippen LogP contribution in [0.25, 0.3) is 21.5 Å². The van der Waals surface area contributed by atoms with Gasteiger partial charge in [-0.3, -0.25) is 0 Å². The van der Waals surface area contributed by atoms with Crippen LogP contribution in [0.1, 0.15) is 0 Å². The third kappa shape index (κ3) is 3.77. The molecule has 0 N–H and O–H groups in total. The summed E-state index contributed by atoms with van der Waals surface area (Å²) in [5.74, 6) is 1.42. The molecule has 136 valence electrons. The van der Waals surface area contributed by atoms with Crippen LogP contribution in [-0.4, -0.2) is 6.79 Å². The monoisotopic (exact) mass is 612 g/mol. The van der Waals surface area contributed by atoms with Gasteiger partial charge in [-0.25, -0.2) is 0 Å². The summed E-state index contributed by atoms with van der Waals surface area (Å²) in [7, 11) is 0. The molecule has 6 heteroatoms. The van der Waals surface area contributed by atoms with Crippen LogP contribution in [-0.2, 0) is 0 Å². The minimum absolute atomic E-state index is 0.0745. The predicted octanol–water partition coefficient (Wildman–Crippen LogP) is 8.46. The Kier molecular flexibility index (Phi) is 5.78. The molecule has 4 aromatic carbocycles. The Morgan fingerprint density at radius 1 is 0.593 bits per heavy atom. The molecule has 0 unspecified atom stereocenters. The molecule has 0 fully saturated rings. The van der Waals surface area contributed by atoms with Gasteiger partial charge < -0.3 is 9.47 Å². The molecule has 0 spiro atoms. The Morgan fingerprint density at radius 2 is 1.00 bits per heavy atom. The van der Waals surface area contributed by atoms with Crippen LogP contribution >= 0.6 is 63.7 Å². The van der Waals surface area contributed by atoms with Crippen LogP contribution in [0.5, 0.6) is 11.5 Å². The van der Waals surface area contributed by atoms with Gasteiger partial charge in [-0.2, -0.15) is 0 Å². The molecule has 0 aromatic heterocycles. The summed E-state index contributed by atoms with van der Waals surface area (Å²) in [4.78, 5) is 0. The van der Waals surface area contributed by atoms with E-state index in [0.29, 0.717) is 11.5 Å². The van der Waals surface area contributed by atoms with Gasteiger partial charge in [0.25, 0.3) is 0 Å². The van der Waals surface area contributed by atoms with Crippen LogP contribution in [0.15, 0.2) is 78.6 Å². The van der Waals surface area contributed by atoms with Gasteiger partial charge in [0.15, 0.2) is 11.5 Å². The van der Waals surface area contributed by atoms with Crippen molar-refractivity contribution in [2.45, 2.75) is 0 Å². The van der Waals surface area contributed by atoms with E-state index < -0.39 is 0 Å². The molecule has 0 saturated heterocycles. The standard InChI is InChI=1S/C21H12Br4O2/c22-16-9-12-5-1-3-7-14(12)18(24)20(16)26-11-27-21-17(23)10-13-6-2-4-8-15(13)19(21)25/h1-10H,11H2. The van der Waals surface area contributed by atoms with Gasteiger partial charge in [0, 0.05) is 0 Å². The van der Waals surface area contributed by atoms with E-state index in [1.165, 1.54) is 0 Å². The summed E-state index contributed by atoms with van der Waals surface area (Å²) in [6.07, 6.45) is 0. The Balaban J connectivity index is 1.61. The van der Waals surface area contributed by atoms with Crippen LogP contribution in [0, 0.1) is 0 Å². The van der Waals surface area contributed by atoms with Gasteiger partial charge in [-0.05, 0) is 97.4 Å². The van der Waals surface area contributed by atoms with E-state index in [-0.39, 0.29) is 6.79 Å². The molecular weight excluding hydrogens is 604 g/mol. The summed E-state index contributed by atoms with van der Waals surface area (Å²) in [5.41, 5.74) is 0. The molecule has 0 amide bonds. The molecule has 0 saturated carbocycles. The Hall–Kier alpha value is -1.08. The van der Waals surface area contributed by atoms with Crippen LogP contribution in [0.3, 0.4) is 0 Å². The van der Waals surface area contributed by atoms with E-state index in [9.17, 15) is 0 Å². The molecule has 0 bridgehead atoms. The largest absolute Gasteiger partial charge is 0.455 e. The normalized spacial score (nSPS) is 11.1. The van der Waals surface area contributed by atoms with Crippen LogP contribution < -0.4 is 9.47 Å². The van der Waals surface area contributed by atoms with Crippen LogP contribution in [0.4, 0.5) is 0 Å². The zero-order chi connectivity index (χ0) is 19.0. The summed E-state index contributed by atoms with van der Waals surface area (Å²) in [6, 6.07) is 20.3. The maximum atomic E-state index is 5.94. The Labute approximate surface area is 190 Å². The number of benzene rings is 4. The molecule has 27 heavy (non-hydrogen) atoms. The zero-order valence-electron chi connectivity index (χ0n) is 13.8. The second kappa shape index (κ2) is 8.11. The number of rotatable bonds is 4. The summed E-state index contributed by atoms with van der Waals surface area (Å²) in [5, 5.41) is 4.43. The SMILES string of the molecule is Brc1cc2ccccc2c(Br)c1OCOc1c(Br)cc2ccccc2c1Br. The fraction of sp³-hybridized carbons (Fsp3) is 0.0476. The minimum atomic E-state index is 0.0745. The lowest BCUT2D eigenvalue weighted by atomic mass is 10.1. The Morgan fingerprint density at radius 3 is 1.44 bits per heavy atom. The van der Waals surface area contributed by atoms with Crippen molar-refractivity contribution in [2.75, 3.05) is 6.79 Å². The molecule has 0 atom stereocenters. The lowest BCUT2D eigenvalue weighted by molar-refractivity contribution is 0.117. The topological polar surface area (TPSA) is 18.5 Å². The van der Waals surface area contributed by atoms with Gasteiger partial charge in [0.2, 0.25) is 6.79 Å². The average molecular weight is 616 g/mol. The number of fused-ring (bicyclic) bond motifs is 2. The van der Waals surface area contributed by atoms with Crippen molar-refractivity contribution in [3.8, 4) is 11.5 Å². The highest BCUT2D eigenvalue weighted by Crippen LogP contribution is 2.41. The fourth-order valence-corrected chi connectivity index (χ4v) is 5.94. The molecule has 4 rings (SSSR count). The zero-order valence-corrected chi connectivity index (χ0v) is 20.2. The lowest BCUT2D eigenvalue weighted by Gasteiger charge is -2.16. The second-order valence-corrected chi connectivity index (χ2v) is 9.15. The van der Waals surface area contributed by atoms with Crippen molar-refractivity contribution in [3.63, 3.8) is 0 Å². The maximum Gasteiger partial charge on any atom is 0.231 e. The first-order valence-corrected chi connectivity index (χ1v) is 11.2. The molecule has 0 radical (unpaired) electrons. The minimum Gasteiger partial charge on any atom is -0.455 e. The highest BCUT2D eigenvalue weighted by molar-refractivity contribution is 9.11. The Bertz CT molecular complexity index is 1070. The molecule has 0 aliphatic heterocycles. The van der Waals surface area contributed by atoms with Crippen molar-refractivity contribution in [1.29, 1.82) is 0 Å². The number of halogens is 4. The number of hydrogen-bond acceptors (Lipinski definition) is 2. The van der Waals surface area contributed by atoms with Crippen molar-refractivity contribution in [3.05, 3.63) is 78.6 Å². The van der Waals surface area contributed by atoms with Crippen LogP contribution in [0.2, 0.25) is 0 Å². The third-order valence-corrected chi connectivity index (χ3v) is 6.95. The van der Waals surface area contributed by atoms with Gasteiger partial charge >= 0.3 is 0 Å². The first kappa shape index (κ1) is 19.2. The van der Waals surface area contributed by atoms with E-state index in [4.69, 9.17) is 9.47 Å². The first-order chi connectivity index (χ1) is 13.1. The average Bonchev–Trinajstić information content (AvgIpc) is 2.66. The number of ether oxygens (including phenoxy) is 2. The van der Waals surface area contributed by atoms with Gasteiger partial charge in [0.1, 0.15) is 0 Å². The molecular formula is C21H12Br4O2. The van der Waals surface area contributed by atoms with E-state index in [1.54, 1.807) is 0 Å². The number of hydrogen-bond donors (Lipinski definition) is 0. The van der Waals surface area contributed by atoms with Crippen molar-refractivity contribution in [1.82, 2.24) is 0 Å². The van der Waals surface area contributed by atoms with Gasteiger partial charge in [-0.15, -0.1) is 0 Å². The highest BCUT2D eigenvalue weighted by atomic mass is 79.9. The molecule has 0 aliphatic rings. The maximum absolute atomic E-state index is 5.94. The first-order valence-electron chi connectivity index (χ1n) is 8.05. The third-order valence-electron chi connectivity index (χ3n) is 4.20. The quantitative estimate of drug-likeness (QED) is 0.215. The van der Waals surface area contributed by atoms with E-state index >= 15 is 0 Å².